The molecule has 0 saturated carbocycles. The summed E-state index contributed by atoms with van der Waals surface area (Å²) in [5.74, 6) is -0.482. The van der Waals surface area contributed by atoms with Crippen molar-refractivity contribution in [1.82, 2.24) is 14.6 Å². The first-order valence-corrected chi connectivity index (χ1v) is 5.81. The van der Waals surface area contributed by atoms with Crippen LogP contribution in [0.15, 0.2) is 12.3 Å². The summed E-state index contributed by atoms with van der Waals surface area (Å²) in [5, 5.41) is 26.3. The fourth-order valence-corrected chi connectivity index (χ4v) is 1.87. The summed E-state index contributed by atoms with van der Waals surface area (Å²) in [6, 6.07) is 1.34. The number of hydrogen-bond donors (Lipinski definition) is 2. The van der Waals surface area contributed by atoms with E-state index in [1.807, 2.05) is 0 Å². The monoisotopic (exact) mass is 269 g/mol. The molecule has 0 aromatic carbocycles. The van der Waals surface area contributed by atoms with Crippen LogP contribution in [0.2, 0.25) is 5.02 Å². The second-order valence-electron chi connectivity index (χ2n) is 4.08. The fourth-order valence-electron chi connectivity index (χ4n) is 1.62. The molecule has 1 unspecified atom stereocenters. The van der Waals surface area contributed by atoms with Crippen LogP contribution < -0.4 is 0 Å². The lowest BCUT2D eigenvalue weighted by Crippen LogP contribution is -2.05. The normalized spacial score (nSPS) is 12.8. The number of carbonyl (C=O) groups is 1. The number of aromatic carboxylic acids is 1. The smallest absolute Gasteiger partial charge is 0.337 e. The fraction of sp³-hybridized carbons (Fsp3) is 0.364. The van der Waals surface area contributed by atoms with Gasteiger partial charge in [-0.3, -0.25) is 4.40 Å². The van der Waals surface area contributed by atoms with E-state index in [1.165, 1.54) is 12.3 Å². The summed E-state index contributed by atoms with van der Waals surface area (Å²) in [6.07, 6.45) is 2.00. The molecule has 96 valence electrons. The van der Waals surface area contributed by atoms with Gasteiger partial charge in [-0.2, -0.15) is 0 Å². The molecule has 0 aliphatic carbocycles. The first kappa shape index (κ1) is 12.8. The molecule has 0 saturated heterocycles. The van der Waals surface area contributed by atoms with Crippen LogP contribution in [-0.4, -0.2) is 36.9 Å². The van der Waals surface area contributed by atoms with Gasteiger partial charge < -0.3 is 10.2 Å². The maximum atomic E-state index is 10.9. The average molecular weight is 270 g/mol. The summed E-state index contributed by atoms with van der Waals surface area (Å²) in [6.45, 7) is 1.68. The Kier molecular flexibility index (Phi) is 3.49. The van der Waals surface area contributed by atoms with Gasteiger partial charge in [0.05, 0.1) is 16.7 Å². The van der Waals surface area contributed by atoms with Crippen LogP contribution in [0.3, 0.4) is 0 Å². The Morgan fingerprint density at radius 1 is 1.56 bits per heavy atom. The molecule has 2 aromatic rings. The molecule has 2 N–H and O–H groups in total. The highest BCUT2D eigenvalue weighted by atomic mass is 35.5. The zero-order valence-corrected chi connectivity index (χ0v) is 10.4. The molecule has 0 radical (unpaired) electrons. The lowest BCUT2D eigenvalue weighted by molar-refractivity contribution is 0.0696. The van der Waals surface area contributed by atoms with E-state index in [-0.39, 0.29) is 10.6 Å². The van der Waals surface area contributed by atoms with Crippen molar-refractivity contribution in [2.24, 2.45) is 0 Å². The van der Waals surface area contributed by atoms with E-state index in [2.05, 4.69) is 10.2 Å². The van der Waals surface area contributed by atoms with Crippen molar-refractivity contribution < 1.29 is 15.0 Å². The summed E-state index contributed by atoms with van der Waals surface area (Å²) in [5.41, 5.74) is 0.493. The molecule has 0 fully saturated rings. The van der Waals surface area contributed by atoms with Gasteiger partial charge in [0.25, 0.3) is 0 Å². The minimum absolute atomic E-state index is 0.0746. The Labute approximate surface area is 108 Å². The molecule has 6 nitrogen and oxygen atoms in total. The molecule has 2 rings (SSSR count). The number of hydrogen-bond acceptors (Lipinski definition) is 4. The van der Waals surface area contributed by atoms with E-state index in [4.69, 9.17) is 16.7 Å². The Bertz CT molecular complexity index is 594. The van der Waals surface area contributed by atoms with Crippen LogP contribution in [0.1, 0.15) is 29.5 Å². The number of rotatable bonds is 4. The van der Waals surface area contributed by atoms with Gasteiger partial charge in [-0.05, 0) is 19.4 Å². The van der Waals surface area contributed by atoms with Gasteiger partial charge in [-0.25, -0.2) is 4.79 Å². The van der Waals surface area contributed by atoms with Gasteiger partial charge in [-0.15, -0.1) is 10.2 Å². The van der Waals surface area contributed by atoms with Crippen LogP contribution in [0.25, 0.3) is 5.65 Å². The number of nitrogens with zero attached hydrogens (tertiary/aromatic N) is 3. The molecule has 7 heteroatoms. The summed E-state index contributed by atoms with van der Waals surface area (Å²) >= 11 is 5.95. The zero-order valence-electron chi connectivity index (χ0n) is 9.67. The Morgan fingerprint density at radius 2 is 2.28 bits per heavy atom. The highest BCUT2D eigenvalue weighted by Gasteiger charge is 2.13. The minimum Gasteiger partial charge on any atom is -0.478 e. The quantitative estimate of drug-likeness (QED) is 0.876. The predicted molar refractivity (Wildman–Crippen MR) is 65.0 cm³/mol. The number of carboxylic acids is 1. The lowest BCUT2D eigenvalue weighted by atomic mass is 10.2. The van der Waals surface area contributed by atoms with Crippen LogP contribution >= 0.6 is 11.6 Å². The number of halogens is 1. The molecule has 2 aromatic heterocycles. The average Bonchev–Trinajstić information content (AvgIpc) is 2.69. The van der Waals surface area contributed by atoms with Crippen molar-refractivity contribution >= 4 is 23.2 Å². The number of carboxylic acid groups (broad SMARTS) is 1. The van der Waals surface area contributed by atoms with E-state index in [0.29, 0.717) is 24.3 Å². The van der Waals surface area contributed by atoms with Gasteiger partial charge in [0.15, 0.2) is 5.65 Å². The van der Waals surface area contributed by atoms with Crippen molar-refractivity contribution in [2.75, 3.05) is 0 Å². The van der Waals surface area contributed by atoms with E-state index in [1.54, 1.807) is 11.3 Å². The number of aryl methyl sites for hydroxylation is 1. The van der Waals surface area contributed by atoms with Gasteiger partial charge in [0.1, 0.15) is 5.82 Å². The van der Waals surface area contributed by atoms with Crippen molar-refractivity contribution in [2.45, 2.75) is 25.9 Å². The predicted octanol–water partition coefficient (Wildman–Crippen LogP) is 1.39. The standard InChI is InChI=1S/C11H12ClN3O3/c1-6(16)2-3-9-13-14-10-8(12)4-7(11(17)18)5-15(9)10/h4-6,16H,2-3H2,1H3,(H,17,18). The molecule has 2 heterocycles. The van der Waals surface area contributed by atoms with Crippen molar-refractivity contribution in [3.8, 4) is 0 Å². The number of fused-ring (bicyclic) bond motifs is 1. The number of pyridine rings is 1. The van der Waals surface area contributed by atoms with E-state index in [0.717, 1.165) is 0 Å². The third kappa shape index (κ3) is 2.44. The van der Waals surface area contributed by atoms with Crippen molar-refractivity contribution in [3.63, 3.8) is 0 Å². The van der Waals surface area contributed by atoms with E-state index in [9.17, 15) is 9.90 Å². The molecule has 0 amide bonds. The number of aliphatic hydroxyl groups excluding tert-OH is 1. The summed E-state index contributed by atoms with van der Waals surface area (Å²) < 4.78 is 1.55. The minimum atomic E-state index is -1.06. The van der Waals surface area contributed by atoms with Gasteiger partial charge >= 0.3 is 5.97 Å². The largest absolute Gasteiger partial charge is 0.478 e. The van der Waals surface area contributed by atoms with Crippen LogP contribution in [0, 0.1) is 0 Å². The second-order valence-corrected chi connectivity index (χ2v) is 4.49. The molecule has 0 bridgehead atoms. The van der Waals surface area contributed by atoms with Gasteiger partial charge in [0.2, 0.25) is 0 Å². The third-order valence-electron chi connectivity index (χ3n) is 2.56. The molecule has 0 spiro atoms. The maximum absolute atomic E-state index is 10.9. The summed E-state index contributed by atoms with van der Waals surface area (Å²) in [7, 11) is 0. The summed E-state index contributed by atoms with van der Waals surface area (Å²) in [4.78, 5) is 10.9. The third-order valence-corrected chi connectivity index (χ3v) is 2.84. The van der Waals surface area contributed by atoms with Crippen LogP contribution in [0.4, 0.5) is 0 Å². The van der Waals surface area contributed by atoms with E-state index >= 15 is 0 Å². The molecule has 0 aliphatic rings. The first-order valence-electron chi connectivity index (χ1n) is 5.43. The second kappa shape index (κ2) is 4.91. The first-order chi connectivity index (χ1) is 8.49. The van der Waals surface area contributed by atoms with E-state index < -0.39 is 12.1 Å². The Hall–Kier alpha value is -1.66. The highest BCUT2D eigenvalue weighted by Crippen LogP contribution is 2.19. The topological polar surface area (TPSA) is 87.7 Å². The van der Waals surface area contributed by atoms with Crippen molar-refractivity contribution in [3.05, 3.63) is 28.7 Å². The van der Waals surface area contributed by atoms with Gasteiger partial charge in [-0.1, -0.05) is 11.6 Å². The molecule has 1 atom stereocenters. The molecule has 18 heavy (non-hydrogen) atoms. The Morgan fingerprint density at radius 3 is 2.89 bits per heavy atom. The number of aliphatic hydroxyl groups is 1. The van der Waals surface area contributed by atoms with Gasteiger partial charge in [0, 0.05) is 12.6 Å². The Balaban J connectivity index is 2.46. The van der Waals surface area contributed by atoms with Crippen molar-refractivity contribution in [1.29, 1.82) is 0 Å². The van der Waals surface area contributed by atoms with Crippen LogP contribution in [0.5, 0.6) is 0 Å². The molecular formula is C11H12ClN3O3. The highest BCUT2D eigenvalue weighted by molar-refractivity contribution is 6.33. The lowest BCUT2D eigenvalue weighted by Gasteiger charge is -2.04. The molecule has 0 aliphatic heterocycles. The maximum Gasteiger partial charge on any atom is 0.337 e. The molecular weight excluding hydrogens is 258 g/mol. The SMILES string of the molecule is CC(O)CCc1nnc2c(Cl)cc(C(=O)O)cn12. The number of aromatic nitrogens is 3. The van der Waals surface area contributed by atoms with Crippen LogP contribution in [-0.2, 0) is 6.42 Å². The zero-order chi connectivity index (χ0) is 13.3.